The molecule has 1 amide bonds. The van der Waals surface area contributed by atoms with Crippen LogP contribution in [0.2, 0.25) is 0 Å². The summed E-state index contributed by atoms with van der Waals surface area (Å²) in [5.41, 5.74) is 0.724. The maximum absolute atomic E-state index is 12.2. The van der Waals surface area contributed by atoms with Crippen molar-refractivity contribution in [3.05, 3.63) is 26.6 Å². The number of hydrogen-bond donors (Lipinski definition) is 3. The zero-order chi connectivity index (χ0) is 18.7. The van der Waals surface area contributed by atoms with E-state index < -0.39 is 12.0 Å². The van der Waals surface area contributed by atoms with Gasteiger partial charge >= 0.3 is 5.97 Å². The topological polar surface area (TPSA) is 112 Å². The Morgan fingerprint density at radius 2 is 2.00 bits per heavy atom. The largest absolute Gasteiger partial charge is 0.480 e. The van der Waals surface area contributed by atoms with Gasteiger partial charge in [-0.05, 0) is 31.7 Å². The molecule has 1 atom stereocenters. The van der Waals surface area contributed by atoms with Crippen LogP contribution in [0.15, 0.2) is 4.79 Å². The van der Waals surface area contributed by atoms with Gasteiger partial charge in [0.1, 0.15) is 16.7 Å². The van der Waals surface area contributed by atoms with E-state index in [0.717, 1.165) is 10.4 Å². The van der Waals surface area contributed by atoms with Crippen molar-refractivity contribution in [2.75, 3.05) is 0 Å². The number of hydrogen-bond acceptors (Lipinski definition) is 5. The third-order valence-corrected chi connectivity index (χ3v) is 5.12. The number of carboxylic acid groups (broad SMARTS) is 1. The molecule has 0 aliphatic carbocycles. The smallest absolute Gasteiger partial charge is 0.326 e. The number of nitrogens with one attached hydrogen (secondary N) is 2. The standard InChI is InChI=1S/C17H23N3O4S/c1-8(2)7-11(17(23)24)18-13(21)6-5-12-19-15(22)14-9(3)10(4)25-16(14)20-12/h8,11H,5-7H2,1-4H3,(H,18,21)(H,23,24)(H,19,20,22). The molecule has 0 saturated carbocycles. The van der Waals surface area contributed by atoms with E-state index in [1.165, 1.54) is 11.3 Å². The summed E-state index contributed by atoms with van der Waals surface area (Å²) < 4.78 is 0. The molecule has 0 spiro atoms. The number of carbonyl (C=O) groups is 2. The van der Waals surface area contributed by atoms with Gasteiger partial charge in [0, 0.05) is 17.7 Å². The Balaban J connectivity index is 2.05. The number of rotatable bonds is 7. The Hall–Kier alpha value is -2.22. The summed E-state index contributed by atoms with van der Waals surface area (Å²) in [6.45, 7) is 7.63. The zero-order valence-electron chi connectivity index (χ0n) is 14.8. The Bertz CT molecular complexity index is 853. The first kappa shape index (κ1) is 19.1. The number of carboxylic acids is 1. The maximum atomic E-state index is 12.2. The van der Waals surface area contributed by atoms with Gasteiger partial charge in [0.2, 0.25) is 5.91 Å². The molecule has 0 aromatic carbocycles. The Labute approximate surface area is 149 Å². The Morgan fingerprint density at radius 1 is 1.32 bits per heavy atom. The second kappa shape index (κ2) is 7.77. The van der Waals surface area contributed by atoms with Crippen LogP contribution in [0.25, 0.3) is 10.2 Å². The molecule has 0 saturated heterocycles. The molecule has 3 N–H and O–H groups in total. The van der Waals surface area contributed by atoms with E-state index in [4.69, 9.17) is 5.11 Å². The summed E-state index contributed by atoms with van der Waals surface area (Å²) in [6.07, 6.45) is 0.691. The summed E-state index contributed by atoms with van der Waals surface area (Å²) in [6, 6.07) is -0.899. The van der Waals surface area contributed by atoms with Crippen molar-refractivity contribution in [2.45, 2.75) is 53.0 Å². The first-order valence-electron chi connectivity index (χ1n) is 8.20. The summed E-state index contributed by atoms with van der Waals surface area (Å²) in [4.78, 5) is 44.3. The van der Waals surface area contributed by atoms with Gasteiger partial charge in [-0.2, -0.15) is 0 Å². The van der Waals surface area contributed by atoms with Gasteiger partial charge in [-0.1, -0.05) is 13.8 Å². The average Bonchev–Trinajstić information content (AvgIpc) is 2.79. The number of aromatic amines is 1. The van der Waals surface area contributed by atoms with E-state index in [0.29, 0.717) is 22.5 Å². The molecule has 0 aliphatic heterocycles. The van der Waals surface area contributed by atoms with Crippen LogP contribution in [-0.4, -0.2) is 33.0 Å². The van der Waals surface area contributed by atoms with Gasteiger partial charge in [-0.25, -0.2) is 9.78 Å². The molecule has 0 fully saturated rings. The van der Waals surface area contributed by atoms with E-state index in [1.54, 1.807) is 0 Å². The highest BCUT2D eigenvalue weighted by Gasteiger charge is 2.21. The van der Waals surface area contributed by atoms with Gasteiger partial charge in [0.05, 0.1) is 5.39 Å². The minimum atomic E-state index is -1.04. The average molecular weight is 365 g/mol. The van der Waals surface area contributed by atoms with Gasteiger partial charge < -0.3 is 15.4 Å². The van der Waals surface area contributed by atoms with Crippen LogP contribution in [0.3, 0.4) is 0 Å². The molecule has 2 heterocycles. The van der Waals surface area contributed by atoms with Gasteiger partial charge in [-0.3, -0.25) is 9.59 Å². The first-order valence-corrected chi connectivity index (χ1v) is 9.01. The predicted molar refractivity (Wildman–Crippen MR) is 97.1 cm³/mol. The van der Waals surface area contributed by atoms with Crippen LogP contribution in [0, 0.1) is 19.8 Å². The van der Waals surface area contributed by atoms with Crippen molar-refractivity contribution >= 4 is 33.4 Å². The number of H-pyrrole nitrogens is 1. The van der Waals surface area contributed by atoms with Crippen LogP contribution in [0.4, 0.5) is 0 Å². The summed E-state index contributed by atoms with van der Waals surface area (Å²) in [5, 5.41) is 12.3. The molecule has 8 heteroatoms. The van der Waals surface area contributed by atoms with Crippen LogP contribution >= 0.6 is 11.3 Å². The Morgan fingerprint density at radius 3 is 2.60 bits per heavy atom. The number of nitrogens with zero attached hydrogens (tertiary/aromatic N) is 1. The van der Waals surface area contributed by atoms with Crippen molar-refractivity contribution in [1.29, 1.82) is 0 Å². The second-order valence-electron chi connectivity index (χ2n) is 6.56. The van der Waals surface area contributed by atoms with E-state index in [2.05, 4.69) is 15.3 Å². The molecule has 136 valence electrons. The minimum absolute atomic E-state index is 0.0691. The number of aromatic nitrogens is 2. The molecule has 2 aromatic rings. The van der Waals surface area contributed by atoms with Crippen LogP contribution in [0.5, 0.6) is 0 Å². The number of amides is 1. The number of aryl methyl sites for hydroxylation is 3. The van der Waals surface area contributed by atoms with Gasteiger partial charge in [-0.15, -0.1) is 11.3 Å². The number of aliphatic carboxylic acids is 1. The van der Waals surface area contributed by atoms with Crippen molar-refractivity contribution in [3.63, 3.8) is 0 Å². The van der Waals surface area contributed by atoms with Crippen LogP contribution in [-0.2, 0) is 16.0 Å². The minimum Gasteiger partial charge on any atom is -0.480 e. The third-order valence-electron chi connectivity index (χ3n) is 4.02. The molecule has 2 aromatic heterocycles. The monoisotopic (exact) mass is 365 g/mol. The fourth-order valence-electron chi connectivity index (χ4n) is 2.61. The number of carbonyl (C=O) groups excluding carboxylic acids is 1. The summed E-state index contributed by atoms with van der Waals surface area (Å²) in [7, 11) is 0. The van der Waals surface area contributed by atoms with Gasteiger partial charge in [0.15, 0.2) is 0 Å². The third kappa shape index (κ3) is 4.66. The fraction of sp³-hybridized carbons (Fsp3) is 0.529. The molecule has 0 bridgehead atoms. The van der Waals surface area contributed by atoms with E-state index >= 15 is 0 Å². The maximum Gasteiger partial charge on any atom is 0.326 e. The second-order valence-corrected chi connectivity index (χ2v) is 7.77. The summed E-state index contributed by atoms with van der Waals surface area (Å²) in [5.74, 6) is -0.814. The lowest BCUT2D eigenvalue weighted by molar-refractivity contribution is -0.142. The molecule has 1 unspecified atom stereocenters. The van der Waals surface area contributed by atoms with Crippen LogP contribution < -0.4 is 10.9 Å². The van der Waals surface area contributed by atoms with Crippen LogP contribution in [0.1, 0.15) is 43.0 Å². The molecule has 7 nitrogen and oxygen atoms in total. The number of thiophene rings is 1. The summed E-state index contributed by atoms with van der Waals surface area (Å²) >= 11 is 1.45. The molecule has 2 rings (SSSR count). The highest BCUT2D eigenvalue weighted by atomic mass is 32.1. The SMILES string of the molecule is Cc1sc2nc(CCC(=O)NC(CC(C)C)C(=O)O)[nH]c(=O)c2c1C. The van der Waals surface area contributed by atoms with E-state index in [1.807, 2.05) is 27.7 Å². The fourth-order valence-corrected chi connectivity index (χ4v) is 3.66. The van der Waals surface area contributed by atoms with Crippen molar-refractivity contribution < 1.29 is 14.7 Å². The van der Waals surface area contributed by atoms with Gasteiger partial charge in [0.25, 0.3) is 5.56 Å². The molecular formula is C17H23N3O4S. The van der Waals surface area contributed by atoms with Crippen molar-refractivity contribution in [1.82, 2.24) is 15.3 Å². The normalized spacial score (nSPS) is 12.5. The number of fused-ring (bicyclic) bond motifs is 1. The van der Waals surface area contributed by atoms with Crippen molar-refractivity contribution in [2.24, 2.45) is 5.92 Å². The molecular weight excluding hydrogens is 342 g/mol. The van der Waals surface area contributed by atoms with E-state index in [-0.39, 0.29) is 30.2 Å². The molecule has 25 heavy (non-hydrogen) atoms. The lowest BCUT2D eigenvalue weighted by Crippen LogP contribution is -2.41. The quantitative estimate of drug-likeness (QED) is 0.696. The highest BCUT2D eigenvalue weighted by Crippen LogP contribution is 2.25. The van der Waals surface area contributed by atoms with Crippen molar-refractivity contribution in [3.8, 4) is 0 Å². The lowest BCUT2D eigenvalue weighted by atomic mass is 10.0. The Kier molecular flexibility index (Phi) is 5.94. The molecule has 0 aliphatic rings. The zero-order valence-corrected chi connectivity index (χ0v) is 15.6. The lowest BCUT2D eigenvalue weighted by Gasteiger charge is -2.16. The predicted octanol–water partition coefficient (Wildman–Crippen LogP) is 2.15. The molecule has 0 radical (unpaired) electrons. The van der Waals surface area contributed by atoms with E-state index in [9.17, 15) is 14.4 Å². The highest BCUT2D eigenvalue weighted by molar-refractivity contribution is 7.18. The first-order chi connectivity index (χ1) is 11.7.